The predicted octanol–water partition coefficient (Wildman–Crippen LogP) is 6.51. The van der Waals surface area contributed by atoms with Crippen molar-refractivity contribution in [3.8, 4) is 0 Å². The van der Waals surface area contributed by atoms with Crippen molar-refractivity contribution in [1.82, 2.24) is 5.32 Å². The number of unbranched alkanes of at least 4 members (excludes halogenated alkanes) is 16. The summed E-state index contributed by atoms with van der Waals surface area (Å²) < 4.78 is 0. The molecule has 0 aromatic rings. The molecule has 4 nitrogen and oxygen atoms in total. The van der Waals surface area contributed by atoms with Gasteiger partial charge in [-0.15, -0.1) is 6.58 Å². The van der Waals surface area contributed by atoms with Gasteiger partial charge in [-0.25, -0.2) is 0 Å². The van der Waals surface area contributed by atoms with Gasteiger partial charge in [0.1, 0.15) is 18.0 Å². The maximum Gasteiger partial charge on any atom is 0.156 e. The third-order valence-corrected chi connectivity index (χ3v) is 6.19. The summed E-state index contributed by atoms with van der Waals surface area (Å²) in [6.45, 7) is 6.27. The molecular formula is C26H48N2O2. The highest BCUT2D eigenvalue weighted by atomic mass is 16.3. The average molecular weight is 421 g/mol. The van der Waals surface area contributed by atoms with E-state index in [2.05, 4.69) is 23.8 Å². The monoisotopic (exact) mass is 420 g/mol. The minimum atomic E-state index is -0.789. The number of rotatable bonds is 21. The first-order valence-electron chi connectivity index (χ1n) is 12.8. The zero-order valence-electron chi connectivity index (χ0n) is 19.7. The lowest BCUT2D eigenvalue weighted by Gasteiger charge is -2.12. The fourth-order valence-electron chi connectivity index (χ4n) is 4.13. The largest absolute Gasteiger partial charge is 0.381 e. The van der Waals surface area contributed by atoms with Crippen molar-refractivity contribution in [1.29, 1.82) is 0 Å². The Morgan fingerprint density at radius 3 is 1.80 bits per heavy atom. The summed E-state index contributed by atoms with van der Waals surface area (Å²) in [6.07, 6.45) is 24.2. The Balaban J connectivity index is 1.80. The number of aliphatic hydroxyl groups excluding tert-OH is 1. The van der Waals surface area contributed by atoms with Gasteiger partial charge in [0.25, 0.3) is 0 Å². The lowest BCUT2D eigenvalue weighted by molar-refractivity contribution is -0.120. The highest BCUT2D eigenvalue weighted by Crippen LogP contribution is 2.15. The Morgan fingerprint density at radius 2 is 1.37 bits per heavy atom. The molecule has 0 amide bonds. The maximum absolute atomic E-state index is 12.2. The summed E-state index contributed by atoms with van der Waals surface area (Å²) in [5, 5.41) is 12.7. The minimum absolute atomic E-state index is 0.214. The number of ketones is 1. The summed E-state index contributed by atoms with van der Waals surface area (Å²) in [5.74, 6) is 0.691. The lowest BCUT2D eigenvalue weighted by atomic mass is 10.0. The number of aliphatic imine (C=N–C) groups is 1. The van der Waals surface area contributed by atoms with Gasteiger partial charge in [-0.3, -0.25) is 9.79 Å². The molecule has 2 atom stereocenters. The van der Waals surface area contributed by atoms with Gasteiger partial charge < -0.3 is 10.4 Å². The van der Waals surface area contributed by atoms with Gasteiger partial charge in [0.15, 0.2) is 5.78 Å². The molecule has 0 fully saturated rings. The molecule has 1 aliphatic rings. The molecule has 2 N–H and O–H groups in total. The number of carbonyl (C=O) groups excluding carboxylic acids is 1. The topological polar surface area (TPSA) is 61.7 Å². The number of carbonyl (C=O) groups is 1. The van der Waals surface area contributed by atoms with Gasteiger partial charge >= 0.3 is 0 Å². The third kappa shape index (κ3) is 13.2. The van der Waals surface area contributed by atoms with Crippen molar-refractivity contribution in [3.63, 3.8) is 0 Å². The highest BCUT2D eigenvalue weighted by molar-refractivity contribution is 5.96. The summed E-state index contributed by atoms with van der Waals surface area (Å²) in [7, 11) is 0. The molecule has 1 aliphatic heterocycles. The Kier molecular flexibility index (Phi) is 16.7. The van der Waals surface area contributed by atoms with Gasteiger partial charge in [0.05, 0.1) is 6.54 Å². The van der Waals surface area contributed by atoms with Crippen LogP contribution in [0, 0.1) is 0 Å². The quantitative estimate of drug-likeness (QED) is 0.164. The Morgan fingerprint density at radius 1 is 0.933 bits per heavy atom. The van der Waals surface area contributed by atoms with Crippen LogP contribution in [0.2, 0.25) is 0 Å². The predicted molar refractivity (Wildman–Crippen MR) is 129 cm³/mol. The Bertz CT molecular complexity index is 476. The fourth-order valence-corrected chi connectivity index (χ4v) is 4.13. The summed E-state index contributed by atoms with van der Waals surface area (Å²) in [5.41, 5.74) is 0. The van der Waals surface area contributed by atoms with Crippen LogP contribution < -0.4 is 5.32 Å². The van der Waals surface area contributed by atoms with Gasteiger partial charge in [-0.2, -0.15) is 0 Å². The average Bonchev–Trinajstić information content (AvgIpc) is 3.25. The fraction of sp³-hybridized carbons (Fsp3) is 0.846. The van der Waals surface area contributed by atoms with Crippen LogP contribution in [0.25, 0.3) is 0 Å². The smallest absolute Gasteiger partial charge is 0.156 e. The van der Waals surface area contributed by atoms with E-state index in [4.69, 9.17) is 0 Å². The molecule has 0 spiro atoms. The zero-order valence-corrected chi connectivity index (χ0v) is 19.7. The highest BCUT2D eigenvalue weighted by Gasteiger charge is 2.26. The molecule has 0 aromatic carbocycles. The second-order valence-electron chi connectivity index (χ2n) is 8.98. The molecule has 1 rings (SSSR count). The molecular weight excluding hydrogens is 372 g/mol. The van der Waals surface area contributed by atoms with E-state index in [9.17, 15) is 9.90 Å². The van der Waals surface area contributed by atoms with Crippen molar-refractivity contribution in [2.75, 3.05) is 6.54 Å². The van der Waals surface area contributed by atoms with Gasteiger partial charge in [-0.1, -0.05) is 116 Å². The number of Topliss-reactive ketones (excluding diaryl/α,β-unsaturated/α-hetero) is 1. The molecule has 2 unspecified atom stereocenters. The first-order valence-corrected chi connectivity index (χ1v) is 12.8. The van der Waals surface area contributed by atoms with Crippen LogP contribution in [0.1, 0.15) is 122 Å². The summed E-state index contributed by atoms with van der Waals surface area (Å²) in [6, 6.07) is -0.254. The van der Waals surface area contributed by atoms with Crippen molar-refractivity contribution in [3.05, 3.63) is 12.7 Å². The van der Waals surface area contributed by atoms with Crippen molar-refractivity contribution in [2.24, 2.45) is 4.99 Å². The molecule has 30 heavy (non-hydrogen) atoms. The van der Waals surface area contributed by atoms with E-state index in [1.165, 1.54) is 102 Å². The van der Waals surface area contributed by atoms with E-state index in [0.717, 1.165) is 12.8 Å². The third-order valence-electron chi connectivity index (χ3n) is 6.19. The van der Waals surface area contributed by atoms with Gasteiger partial charge in [0, 0.05) is 6.42 Å². The number of nitrogens with zero attached hydrogens (tertiary/aromatic N) is 1. The molecule has 4 heteroatoms. The second-order valence-corrected chi connectivity index (χ2v) is 8.98. The van der Waals surface area contributed by atoms with Crippen LogP contribution >= 0.6 is 0 Å². The lowest BCUT2D eigenvalue weighted by Crippen LogP contribution is -2.41. The Labute approximate surface area is 186 Å². The first-order chi connectivity index (χ1) is 14.7. The molecule has 0 bridgehead atoms. The SMILES string of the molecule is C=CC(O)C1=NCC(C(=O)CCCCCCCCCCCCCCCCCCC)N1. The summed E-state index contributed by atoms with van der Waals surface area (Å²) in [4.78, 5) is 16.4. The van der Waals surface area contributed by atoms with Crippen LogP contribution in [0.4, 0.5) is 0 Å². The van der Waals surface area contributed by atoms with E-state index >= 15 is 0 Å². The van der Waals surface area contributed by atoms with E-state index < -0.39 is 6.10 Å². The van der Waals surface area contributed by atoms with E-state index in [1.54, 1.807) is 0 Å². The molecule has 0 saturated carbocycles. The molecule has 1 heterocycles. The minimum Gasteiger partial charge on any atom is -0.381 e. The number of nitrogens with one attached hydrogen (secondary N) is 1. The Hall–Kier alpha value is -1.16. The normalized spacial score (nSPS) is 16.9. The zero-order chi connectivity index (χ0) is 21.9. The van der Waals surface area contributed by atoms with E-state index in [0.29, 0.717) is 18.8 Å². The van der Waals surface area contributed by atoms with Crippen LogP contribution in [-0.4, -0.2) is 35.4 Å². The van der Waals surface area contributed by atoms with E-state index in [1.807, 2.05) is 0 Å². The standard InChI is InChI=1S/C26H48N2O2/c1-3-5-6-7-8-9-10-11-12-13-14-15-16-17-18-19-20-21-25(30)23-22-27-26(28-23)24(29)4-2/h4,23-24,29H,2-3,5-22H2,1H3,(H,27,28). The van der Waals surface area contributed by atoms with E-state index in [-0.39, 0.29) is 11.8 Å². The van der Waals surface area contributed by atoms with Gasteiger partial charge in [-0.05, 0) is 6.42 Å². The number of hydrogen-bond acceptors (Lipinski definition) is 4. The van der Waals surface area contributed by atoms with Gasteiger partial charge in [0.2, 0.25) is 0 Å². The molecule has 0 radical (unpaired) electrons. The second kappa shape index (κ2) is 18.6. The number of aliphatic hydroxyl groups is 1. The molecule has 0 aliphatic carbocycles. The first kappa shape index (κ1) is 26.9. The van der Waals surface area contributed by atoms with Crippen LogP contribution in [0.5, 0.6) is 0 Å². The van der Waals surface area contributed by atoms with Crippen molar-refractivity contribution in [2.45, 2.75) is 135 Å². The molecule has 0 aromatic heterocycles. The number of hydrogen-bond donors (Lipinski definition) is 2. The molecule has 174 valence electrons. The van der Waals surface area contributed by atoms with Crippen LogP contribution in [0.15, 0.2) is 17.6 Å². The van der Waals surface area contributed by atoms with Crippen LogP contribution in [-0.2, 0) is 4.79 Å². The van der Waals surface area contributed by atoms with Crippen LogP contribution in [0.3, 0.4) is 0 Å². The summed E-state index contributed by atoms with van der Waals surface area (Å²) >= 11 is 0. The van der Waals surface area contributed by atoms with Crippen molar-refractivity contribution < 1.29 is 9.90 Å². The number of amidine groups is 1. The maximum atomic E-state index is 12.2. The van der Waals surface area contributed by atoms with Crippen molar-refractivity contribution >= 4 is 11.6 Å². The molecule has 0 saturated heterocycles.